The first-order valence-electron chi connectivity index (χ1n) is 19.7. The lowest BCUT2D eigenvalue weighted by atomic mass is 9.92. The first-order valence-corrected chi connectivity index (χ1v) is 21.2. The Morgan fingerprint density at radius 2 is 1.79 bits per heavy atom. The van der Waals surface area contributed by atoms with Crippen LogP contribution >= 0.6 is 0 Å². The number of carbonyl (C=O) groups is 5. The Labute approximate surface area is 327 Å². The van der Waals surface area contributed by atoms with E-state index in [1.807, 2.05) is 12.2 Å². The molecule has 0 unspecified atom stereocenters. The molecule has 6 atom stereocenters. The summed E-state index contributed by atoms with van der Waals surface area (Å²) in [5.74, 6) is -4.58. The lowest BCUT2D eigenvalue weighted by Gasteiger charge is -2.33. The van der Waals surface area contributed by atoms with Gasteiger partial charge in [-0.15, -0.1) is 0 Å². The Morgan fingerprint density at radius 1 is 1.02 bits per heavy atom. The van der Waals surface area contributed by atoms with Crippen LogP contribution in [0.5, 0.6) is 5.75 Å². The van der Waals surface area contributed by atoms with Gasteiger partial charge in [-0.3, -0.25) is 28.7 Å². The number of aromatic hydroxyl groups is 1. The summed E-state index contributed by atoms with van der Waals surface area (Å²) in [6.07, 6.45) is 8.17. The molecule has 3 N–H and O–H groups in total. The summed E-state index contributed by atoms with van der Waals surface area (Å²) in [7, 11) is -3.91. The molecule has 7 rings (SSSR count). The normalized spacial score (nSPS) is 28.8. The van der Waals surface area contributed by atoms with Gasteiger partial charge in [-0.1, -0.05) is 43.2 Å². The number of phenols is 1. The zero-order chi connectivity index (χ0) is 40.0. The number of phenolic OH excluding ortho intramolecular Hbond substituents is 1. The third kappa shape index (κ3) is 8.47. The fraction of sp³-hybridized carbons (Fsp3) is 0.561. The molecule has 0 spiro atoms. The molecule has 2 saturated carbocycles. The molecule has 1 aromatic heterocycles. The molecule has 2 saturated heterocycles. The third-order valence-electron chi connectivity index (χ3n) is 11.6. The van der Waals surface area contributed by atoms with Gasteiger partial charge in [0.1, 0.15) is 28.6 Å². The molecule has 4 amide bonds. The van der Waals surface area contributed by atoms with E-state index < -0.39 is 68.0 Å². The van der Waals surface area contributed by atoms with Gasteiger partial charge in [-0.2, -0.15) is 0 Å². The van der Waals surface area contributed by atoms with Crippen molar-refractivity contribution in [2.24, 2.45) is 23.7 Å². The Bertz CT molecular complexity index is 2040. The standard InChI is InChI=1S/C41H51N5O9S/c1-40(2,3)55-34(48)20-26-11-7-5-4-6-8-13-28-21-41(28,39(52)44-56(53,54)30-17-18-30)43-36(49)35-31-24-45(22-27(31)23-46(35)37(26)50)38(51)33-16-10-15-32(42-33)25-12-9-14-29(47)19-25/h8-10,12-16,19,26-28,30-31,35,47H,4-7,11,17-18,20-24H2,1-3H3,(H,43,49)(H,44,52)/b13-8-/t26-,27+,28-,31+,35+,41-/m1/s1. The summed E-state index contributed by atoms with van der Waals surface area (Å²) >= 11 is 0. The van der Waals surface area contributed by atoms with Crippen molar-refractivity contribution in [1.29, 1.82) is 0 Å². The molecule has 0 radical (unpaired) electrons. The molecule has 2 aromatic rings. The van der Waals surface area contributed by atoms with Gasteiger partial charge in [0.25, 0.3) is 11.8 Å². The first-order chi connectivity index (χ1) is 26.5. The minimum atomic E-state index is -3.91. The number of nitrogens with one attached hydrogen (secondary N) is 2. The van der Waals surface area contributed by atoms with Crippen LogP contribution in [0.4, 0.5) is 0 Å². The zero-order valence-corrected chi connectivity index (χ0v) is 32.9. The number of carbonyl (C=O) groups excluding carboxylic acids is 5. The second-order valence-corrected chi connectivity index (χ2v) is 19.0. The minimum absolute atomic E-state index is 0.0650. The number of pyridine rings is 1. The number of amides is 4. The topological polar surface area (TPSA) is 192 Å². The molecular formula is C41H51N5O9S. The van der Waals surface area contributed by atoms with E-state index in [-0.39, 0.29) is 61.7 Å². The fourth-order valence-electron chi connectivity index (χ4n) is 8.49. The largest absolute Gasteiger partial charge is 0.508 e. The van der Waals surface area contributed by atoms with Crippen LogP contribution in [0.15, 0.2) is 54.6 Å². The summed E-state index contributed by atoms with van der Waals surface area (Å²) in [5, 5.41) is 12.3. The van der Waals surface area contributed by atoms with Gasteiger partial charge in [-0.05, 0) is 83.6 Å². The van der Waals surface area contributed by atoms with Gasteiger partial charge in [-0.25, -0.2) is 13.4 Å². The van der Waals surface area contributed by atoms with Gasteiger partial charge < -0.3 is 25.0 Å². The van der Waals surface area contributed by atoms with Crippen LogP contribution in [0.1, 0.15) is 89.0 Å². The summed E-state index contributed by atoms with van der Waals surface area (Å²) in [6.45, 7) is 5.79. The van der Waals surface area contributed by atoms with Crippen LogP contribution in [-0.2, 0) is 33.9 Å². The monoisotopic (exact) mass is 789 g/mol. The first kappa shape index (κ1) is 39.4. The molecule has 0 bridgehead atoms. The number of aromatic nitrogens is 1. The summed E-state index contributed by atoms with van der Waals surface area (Å²) in [5.41, 5.74) is -0.961. The van der Waals surface area contributed by atoms with E-state index in [1.54, 1.807) is 68.1 Å². The number of hydrogen-bond donors (Lipinski definition) is 3. The number of benzene rings is 1. The van der Waals surface area contributed by atoms with Crippen LogP contribution in [0, 0.1) is 23.7 Å². The highest BCUT2D eigenvalue weighted by molar-refractivity contribution is 7.91. The Morgan fingerprint density at radius 3 is 2.52 bits per heavy atom. The highest BCUT2D eigenvalue weighted by Gasteiger charge is 2.63. The van der Waals surface area contributed by atoms with E-state index in [2.05, 4.69) is 15.0 Å². The maximum atomic E-state index is 14.7. The number of esters is 1. The van der Waals surface area contributed by atoms with Crippen molar-refractivity contribution >= 4 is 39.6 Å². The molecule has 3 aliphatic heterocycles. The quantitative estimate of drug-likeness (QED) is 0.275. The van der Waals surface area contributed by atoms with Crippen molar-refractivity contribution in [2.45, 2.75) is 101 Å². The number of sulfonamides is 1. The van der Waals surface area contributed by atoms with Crippen molar-refractivity contribution in [3.05, 3.63) is 60.3 Å². The SMILES string of the molecule is CC(C)(C)OC(=O)C[C@H]1CCCCC/C=C\[C@@H]2C[C@@]2(C(=O)NS(=O)(=O)C2CC2)NC(=O)[C@@H]2[C@H]3CN(C(=O)c4cccc(-c5cccc(O)c5)n4)C[C@H]3CN2C1=O. The molecule has 56 heavy (non-hydrogen) atoms. The number of fused-ring (bicyclic) bond motifs is 4. The van der Waals surface area contributed by atoms with E-state index in [1.165, 1.54) is 4.90 Å². The number of rotatable bonds is 7. The summed E-state index contributed by atoms with van der Waals surface area (Å²) in [4.78, 5) is 78.0. The van der Waals surface area contributed by atoms with E-state index in [9.17, 15) is 37.5 Å². The van der Waals surface area contributed by atoms with Crippen molar-refractivity contribution in [2.75, 3.05) is 19.6 Å². The van der Waals surface area contributed by atoms with Crippen LogP contribution in [0.25, 0.3) is 11.3 Å². The molecule has 4 fully saturated rings. The second-order valence-electron chi connectivity index (χ2n) is 17.0. The van der Waals surface area contributed by atoms with Crippen molar-refractivity contribution in [3.63, 3.8) is 0 Å². The summed E-state index contributed by atoms with van der Waals surface area (Å²) in [6, 6.07) is 10.5. The van der Waals surface area contributed by atoms with Crippen molar-refractivity contribution < 1.29 is 42.2 Å². The lowest BCUT2D eigenvalue weighted by molar-refractivity contribution is -0.159. The Balaban J connectivity index is 1.18. The molecule has 4 heterocycles. The molecule has 300 valence electrons. The molecule has 1 aromatic carbocycles. The maximum Gasteiger partial charge on any atom is 0.307 e. The van der Waals surface area contributed by atoms with Gasteiger partial charge in [0.2, 0.25) is 21.8 Å². The highest BCUT2D eigenvalue weighted by atomic mass is 32.2. The maximum absolute atomic E-state index is 14.7. The van der Waals surface area contributed by atoms with Crippen molar-refractivity contribution in [3.8, 4) is 17.0 Å². The average Bonchev–Trinajstić information content (AvgIpc) is 4.03. The van der Waals surface area contributed by atoms with E-state index in [0.29, 0.717) is 43.4 Å². The van der Waals surface area contributed by atoms with Crippen LogP contribution in [0.2, 0.25) is 0 Å². The molecule has 14 nitrogen and oxygen atoms in total. The number of nitrogens with zero attached hydrogens (tertiary/aromatic N) is 3. The predicted octanol–water partition coefficient (Wildman–Crippen LogP) is 3.70. The van der Waals surface area contributed by atoms with Crippen LogP contribution in [0.3, 0.4) is 0 Å². The van der Waals surface area contributed by atoms with E-state index >= 15 is 0 Å². The highest BCUT2D eigenvalue weighted by Crippen LogP contribution is 2.47. The third-order valence-corrected chi connectivity index (χ3v) is 13.4. The zero-order valence-electron chi connectivity index (χ0n) is 32.1. The van der Waals surface area contributed by atoms with Gasteiger partial charge in [0, 0.05) is 48.9 Å². The average molecular weight is 790 g/mol. The second kappa shape index (κ2) is 15.3. The lowest BCUT2D eigenvalue weighted by Crippen LogP contribution is -2.58. The minimum Gasteiger partial charge on any atom is -0.508 e. The molecule has 5 aliphatic rings. The van der Waals surface area contributed by atoms with Crippen LogP contribution in [-0.4, -0.2) is 100.0 Å². The predicted molar refractivity (Wildman–Crippen MR) is 205 cm³/mol. The molecule has 2 aliphatic carbocycles. The summed E-state index contributed by atoms with van der Waals surface area (Å²) < 4.78 is 33.6. The smallest absolute Gasteiger partial charge is 0.307 e. The Kier molecular flexibility index (Phi) is 10.8. The van der Waals surface area contributed by atoms with Crippen molar-refractivity contribution in [1.82, 2.24) is 24.8 Å². The van der Waals surface area contributed by atoms with E-state index in [0.717, 1.165) is 12.8 Å². The van der Waals surface area contributed by atoms with Gasteiger partial charge in [0.15, 0.2) is 0 Å². The number of allylic oxidation sites excluding steroid dienone is 1. The van der Waals surface area contributed by atoms with Crippen LogP contribution < -0.4 is 10.0 Å². The number of ether oxygens (including phenoxy) is 1. The Hall–Kier alpha value is -4.79. The van der Waals surface area contributed by atoms with Gasteiger partial charge >= 0.3 is 5.97 Å². The van der Waals surface area contributed by atoms with Gasteiger partial charge in [0.05, 0.1) is 17.4 Å². The number of likely N-dealkylation sites (tertiary alicyclic amines) is 1. The molecular weight excluding hydrogens is 739 g/mol. The fourth-order valence-corrected chi connectivity index (χ4v) is 9.86. The number of hydrogen-bond acceptors (Lipinski definition) is 10. The molecule has 15 heteroatoms. The van der Waals surface area contributed by atoms with E-state index in [4.69, 9.17) is 4.74 Å².